The van der Waals surface area contributed by atoms with Crippen molar-refractivity contribution in [3.8, 4) is 17.2 Å². The van der Waals surface area contributed by atoms with Crippen LogP contribution in [0.15, 0.2) is 90.9 Å². The van der Waals surface area contributed by atoms with Crippen LogP contribution < -0.4 is 137 Å². The summed E-state index contributed by atoms with van der Waals surface area (Å²) in [6, 6.07) is 9.28. The third-order valence-corrected chi connectivity index (χ3v) is 7.94. The van der Waals surface area contributed by atoms with Gasteiger partial charge in [-0.15, -0.1) is 10.2 Å². The van der Waals surface area contributed by atoms with Crippen LogP contribution in [0.1, 0.15) is 0 Å². The first kappa shape index (κ1) is 49.2. The van der Waals surface area contributed by atoms with E-state index in [2.05, 4.69) is 28.8 Å². The molecule has 0 saturated heterocycles. The predicted octanol–water partition coefficient (Wildman–Crippen LogP) is -9.83. The topological polar surface area (TPSA) is 343 Å². The standard InChI is InChI=1S/C22H17N5O15S4.4Na/c23-19-18-11(9-16(43(29,30)31)20(19)26-24-12-1-5-14(6-2-12)41-45(35,36)37)10-17(44(32,33)34)21(22(18)28)27-25-13-3-7-15(8-4-13)42-46(38,39)40;;;;/h1-10,28H,23H2,(H,29,30,31)(H,32,33,34)(H,35,36,37)(H,38,39,40);;;;/q;4*+1/p-4. The van der Waals surface area contributed by atoms with E-state index in [-0.39, 0.29) is 135 Å². The maximum Gasteiger partial charge on any atom is 1.00 e. The van der Waals surface area contributed by atoms with Crippen molar-refractivity contribution in [1.29, 1.82) is 0 Å². The third-order valence-electron chi connectivity index (χ3n) is 5.44. The summed E-state index contributed by atoms with van der Waals surface area (Å²) in [5, 5.41) is 26.7. The third kappa shape index (κ3) is 13.2. The second-order valence-corrected chi connectivity index (χ2v) is 13.3. The van der Waals surface area contributed by atoms with Gasteiger partial charge in [0.2, 0.25) is 0 Å². The molecule has 0 aliphatic heterocycles. The predicted molar refractivity (Wildman–Crippen MR) is 147 cm³/mol. The van der Waals surface area contributed by atoms with Crippen molar-refractivity contribution in [3.63, 3.8) is 0 Å². The van der Waals surface area contributed by atoms with E-state index in [0.29, 0.717) is 12.1 Å². The Morgan fingerprint density at radius 2 is 0.980 bits per heavy atom. The van der Waals surface area contributed by atoms with Crippen molar-refractivity contribution in [2.45, 2.75) is 9.79 Å². The van der Waals surface area contributed by atoms with Crippen LogP contribution in [0.25, 0.3) is 10.8 Å². The summed E-state index contributed by atoms with van der Waals surface area (Å²) in [4.78, 5) is -2.45. The Balaban J connectivity index is 0.00000600. The largest absolute Gasteiger partial charge is 1.00 e. The summed E-state index contributed by atoms with van der Waals surface area (Å²) < 4.78 is 143. The van der Waals surface area contributed by atoms with E-state index in [0.717, 1.165) is 48.5 Å². The van der Waals surface area contributed by atoms with E-state index < -0.39 is 90.2 Å². The molecular weight excluding hydrogens is 794 g/mol. The molecule has 4 rings (SSSR count). The van der Waals surface area contributed by atoms with E-state index in [9.17, 15) is 52.4 Å². The molecule has 28 heteroatoms. The van der Waals surface area contributed by atoms with Crippen LogP contribution in [0.5, 0.6) is 17.2 Å². The number of rotatable bonds is 10. The van der Waals surface area contributed by atoms with Gasteiger partial charge < -0.3 is 32.9 Å². The second-order valence-electron chi connectivity index (χ2n) is 8.59. The fourth-order valence-electron chi connectivity index (χ4n) is 3.67. The van der Waals surface area contributed by atoms with Gasteiger partial charge in [0.05, 0.1) is 32.5 Å². The minimum absolute atomic E-state index is 0. The molecule has 20 nitrogen and oxygen atoms in total. The van der Waals surface area contributed by atoms with Gasteiger partial charge in [-0.3, -0.25) is 4.55 Å². The average molecular weight is 808 g/mol. The molecule has 0 saturated carbocycles. The van der Waals surface area contributed by atoms with E-state index in [1.54, 1.807) is 0 Å². The van der Waals surface area contributed by atoms with Gasteiger partial charge in [0.15, 0.2) is 0 Å². The average Bonchev–Trinajstić information content (AvgIpc) is 2.90. The molecule has 0 aliphatic rings. The van der Waals surface area contributed by atoms with Gasteiger partial charge in [0.25, 0.3) is 10.4 Å². The van der Waals surface area contributed by atoms with Gasteiger partial charge in [0.1, 0.15) is 37.4 Å². The fourth-order valence-corrected chi connectivity index (χ4v) is 5.67. The van der Waals surface area contributed by atoms with Crippen LogP contribution >= 0.6 is 0 Å². The monoisotopic (exact) mass is 807 g/mol. The zero-order chi connectivity index (χ0) is 34.2. The molecular formula is C22H13N5Na4O15S4. The van der Waals surface area contributed by atoms with Gasteiger partial charge >= 0.3 is 129 Å². The first-order chi connectivity index (χ1) is 21.1. The number of hydrogen-bond acceptors (Lipinski definition) is 19. The molecule has 0 amide bonds. The normalized spacial score (nSPS) is 12.0. The molecule has 50 heavy (non-hydrogen) atoms. The van der Waals surface area contributed by atoms with Crippen LogP contribution in [-0.2, 0) is 41.0 Å². The smallest absolute Gasteiger partial charge is 0.870 e. The number of hydrogen-bond donors (Lipinski definition) is 2. The first-order valence-corrected chi connectivity index (χ1v) is 17.0. The van der Waals surface area contributed by atoms with Gasteiger partial charge in [0, 0.05) is 5.39 Å². The Morgan fingerprint density at radius 3 is 1.36 bits per heavy atom. The van der Waals surface area contributed by atoms with Gasteiger partial charge in [-0.1, -0.05) is 5.75 Å². The number of benzene rings is 4. The maximum atomic E-state index is 13.4. The quantitative estimate of drug-likeness (QED) is 0.0494. The molecule has 4 aromatic carbocycles. The van der Waals surface area contributed by atoms with Crippen molar-refractivity contribution in [2.24, 2.45) is 20.5 Å². The molecule has 0 aromatic heterocycles. The Labute approximate surface area is 372 Å². The van der Waals surface area contributed by atoms with Crippen LogP contribution in [0.3, 0.4) is 0 Å². The molecule has 0 atom stereocenters. The second kappa shape index (κ2) is 19.0. The molecule has 0 unspecified atom stereocenters. The van der Waals surface area contributed by atoms with Crippen LogP contribution in [0.4, 0.5) is 28.4 Å². The van der Waals surface area contributed by atoms with Gasteiger partial charge in [-0.05, 0) is 66.0 Å². The molecule has 0 bridgehead atoms. The van der Waals surface area contributed by atoms with Crippen molar-refractivity contribution in [1.82, 2.24) is 0 Å². The molecule has 0 fully saturated rings. The summed E-state index contributed by atoms with van der Waals surface area (Å²) >= 11 is 0. The molecule has 0 spiro atoms. The molecule has 3 N–H and O–H groups in total. The van der Waals surface area contributed by atoms with Crippen molar-refractivity contribution < 1.29 is 184 Å². The van der Waals surface area contributed by atoms with Crippen molar-refractivity contribution in [3.05, 3.63) is 60.7 Å². The van der Waals surface area contributed by atoms with E-state index in [1.807, 2.05) is 0 Å². The van der Waals surface area contributed by atoms with Gasteiger partial charge in [-0.25, -0.2) is 25.3 Å². The number of nitrogens with zero attached hydrogens (tertiary/aromatic N) is 4. The number of fused-ring (bicyclic) bond motifs is 1. The van der Waals surface area contributed by atoms with Crippen LogP contribution in [0, 0.1) is 0 Å². The summed E-state index contributed by atoms with van der Waals surface area (Å²) in [6.45, 7) is 0. The molecule has 244 valence electrons. The molecule has 4 aromatic rings. The Hall–Kier alpha value is -0.820. The van der Waals surface area contributed by atoms with Crippen molar-refractivity contribution >= 4 is 80.2 Å². The molecule has 0 aliphatic carbocycles. The van der Waals surface area contributed by atoms with Crippen LogP contribution in [-0.4, -0.2) is 51.9 Å². The summed E-state index contributed by atoms with van der Waals surface area (Å²) in [5.41, 5.74) is 2.98. The van der Waals surface area contributed by atoms with Crippen molar-refractivity contribution in [2.75, 3.05) is 5.73 Å². The fraction of sp³-hybridized carbons (Fsp3) is 0. The molecule has 0 radical (unpaired) electrons. The SMILES string of the molecule is Nc1c(N=Nc2ccc(OS(=O)(=O)[O-])cc2)c(S(=O)(=O)[O-])cc2cc(S(=O)(=O)[O-])c(N=Nc3ccc(OS(=O)(=O)O)cc3)c([O-])c12.[Na+].[Na+].[Na+].[Na+]. The Morgan fingerprint density at radius 1 is 0.600 bits per heavy atom. The van der Waals surface area contributed by atoms with E-state index in [4.69, 9.17) is 10.3 Å². The molecule has 0 heterocycles. The van der Waals surface area contributed by atoms with E-state index in [1.165, 1.54) is 0 Å². The maximum absolute atomic E-state index is 13.4. The minimum atomic E-state index is -5.51. The Kier molecular flexibility index (Phi) is 18.7. The zero-order valence-electron chi connectivity index (χ0n) is 25.9. The number of nitrogens with two attached hydrogens (primary N) is 1. The zero-order valence-corrected chi connectivity index (χ0v) is 37.2. The van der Waals surface area contributed by atoms with Crippen LogP contribution in [0.2, 0.25) is 0 Å². The summed E-state index contributed by atoms with van der Waals surface area (Å²) in [5.74, 6) is -2.14. The first-order valence-electron chi connectivity index (χ1n) is 11.5. The summed E-state index contributed by atoms with van der Waals surface area (Å²) in [7, 11) is -20.9. The number of anilines is 1. The summed E-state index contributed by atoms with van der Waals surface area (Å²) in [6.07, 6.45) is 0. The minimum Gasteiger partial charge on any atom is -0.870 e. The Bertz CT molecular complexity index is 2220. The number of azo groups is 2. The number of nitrogen functional groups attached to an aromatic ring is 1. The van der Waals surface area contributed by atoms with E-state index >= 15 is 0 Å². The van der Waals surface area contributed by atoms with Gasteiger partial charge in [-0.2, -0.15) is 18.6 Å².